The number of hydrogen-bond donors (Lipinski definition) is 2. The highest BCUT2D eigenvalue weighted by Crippen LogP contribution is 2.18. The Bertz CT molecular complexity index is 425. The highest BCUT2D eigenvalue weighted by Gasteiger charge is 2.06. The van der Waals surface area contributed by atoms with Crippen molar-refractivity contribution in [3.05, 3.63) is 6.33 Å². The molecule has 0 spiro atoms. The molecule has 3 N–H and O–H groups in total. The third kappa shape index (κ3) is 1.78. The maximum Gasteiger partial charge on any atom is 0.169 e. The zero-order valence-corrected chi connectivity index (χ0v) is 8.45. The molecule has 0 saturated carbocycles. The fourth-order valence-corrected chi connectivity index (χ4v) is 1.52. The molecule has 0 radical (unpaired) electrons. The predicted molar refractivity (Wildman–Crippen MR) is 55.1 cm³/mol. The number of rotatable bonds is 3. The number of fused-ring (bicyclic) bond motifs is 1. The van der Waals surface area contributed by atoms with Crippen molar-refractivity contribution in [1.29, 1.82) is 0 Å². The molecule has 2 aromatic rings. The quantitative estimate of drug-likeness (QED) is 0.754. The highest BCUT2D eigenvalue weighted by molar-refractivity contribution is 7.12. The molecule has 2 aromatic heterocycles. The first-order chi connectivity index (χ1) is 6.77. The largest absolute Gasteiger partial charge is 0.367 e. The monoisotopic (exact) mass is 210 g/mol. The van der Waals surface area contributed by atoms with Crippen LogP contribution in [0.15, 0.2) is 6.33 Å². The van der Waals surface area contributed by atoms with Gasteiger partial charge in [0.25, 0.3) is 0 Å². The van der Waals surface area contributed by atoms with E-state index in [2.05, 4.69) is 24.9 Å². The van der Waals surface area contributed by atoms with Gasteiger partial charge >= 0.3 is 0 Å². The Morgan fingerprint density at radius 2 is 2.43 bits per heavy atom. The SMILES string of the molecule is CC(N)CNc1ncnc2snnc12. The minimum atomic E-state index is 0.0756. The molecule has 7 heteroatoms. The van der Waals surface area contributed by atoms with Crippen LogP contribution in [0.4, 0.5) is 5.82 Å². The van der Waals surface area contributed by atoms with Crippen molar-refractivity contribution in [2.75, 3.05) is 11.9 Å². The zero-order valence-electron chi connectivity index (χ0n) is 7.64. The van der Waals surface area contributed by atoms with Crippen molar-refractivity contribution < 1.29 is 0 Å². The molecule has 2 rings (SSSR count). The lowest BCUT2D eigenvalue weighted by Gasteiger charge is -2.07. The smallest absolute Gasteiger partial charge is 0.169 e. The summed E-state index contributed by atoms with van der Waals surface area (Å²) in [6, 6.07) is 0.0756. The second-order valence-electron chi connectivity index (χ2n) is 3.01. The second-order valence-corrected chi connectivity index (χ2v) is 3.74. The molecule has 1 atom stereocenters. The van der Waals surface area contributed by atoms with Gasteiger partial charge in [-0.1, -0.05) is 4.49 Å². The van der Waals surface area contributed by atoms with Crippen LogP contribution in [-0.4, -0.2) is 32.1 Å². The Hall–Kier alpha value is -1.34. The average molecular weight is 210 g/mol. The van der Waals surface area contributed by atoms with Crippen molar-refractivity contribution in [3.63, 3.8) is 0 Å². The van der Waals surface area contributed by atoms with E-state index in [1.165, 1.54) is 17.9 Å². The summed E-state index contributed by atoms with van der Waals surface area (Å²) in [6.07, 6.45) is 1.49. The van der Waals surface area contributed by atoms with E-state index in [1.807, 2.05) is 6.92 Å². The van der Waals surface area contributed by atoms with Gasteiger partial charge in [-0.3, -0.25) is 0 Å². The van der Waals surface area contributed by atoms with Crippen molar-refractivity contribution in [3.8, 4) is 0 Å². The maximum atomic E-state index is 5.62. The third-order valence-electron chi connectivity index (χ3n) is 1.65. The van der Waals surface area contributed by atoms with Crippen molar-refractivity contribution in [2.24, 2.45) is 5.73 Å². The van der Waals surface area contributed by atoms with E-state index in [0.29, 0.717) is 17.9 Å². The Kier molecular flexibility index (Phi) is 2.51. The van der Waals surface area contributed by atoms with Gasteiger partial charge in [-0.15, -0.1) is 5.10 Å². The summed E-state index contributed by atoms with van der Waals surface area (Å²) in [4.78, 5) is 8.90. The molecule has 0 aliphatic heterocycles. The van der Waals surface area contributed by atoms with Crippen LogP contribution in [0.5, 0.6) is 0 Å². The lowest BCUT2D eigenvalue weighted by atomic mass is 10.3. The molecule has 0 aliphatic rings. The van der Waals surface area contributed by atoms with Crippen molar-refractivity contribution >= 4 is 27.7 Å². The summed E-state index contributed by atoms with van der Waals surface area (Å²) >= 11 is 1.25. The Morgan fingerprint density at radius 1 is 1.57 bits per heavy atom. The number of nitrogens with two attached hydrogens (primary N) is 1. The fraction of sp³-hybridized carbons (Fsp3) is 0.429. The van der Waals surface area contributed by atoms with E-state index in [1.54, 1.807) is 0 Å². The molecule has 0 bridgehead atoms. The lowest BCUT2D eigenvalue weighted by molar-refractivity contribution is 0.777. The minimum absolute atomic E-state index is 0.0756. The number of nitrogens with zero attached hydrogens (tertiary/aromatic N) is 4. The summed E-state index contributed by atoms with van der Waals surface area (Å²) in [6.45, 7) is 2.58. The van der Waals surface area contributed by atoms with Crippen LogP contribution < -0.4 is 11.1 Å². The van der Waals surface area contributed by atoms with Gasteiger partial charge < -0.3 is 11.1 Å². The summed E-state index contributed by atoms with van der Waals surface area (Å²) in [7, 11) is 0. The van der Waals surface area contributed by atoms with Gasteiger partial charge in [-0.05, 0) is 6.92 Å². The van der Waals surface area contributed by atoms with E-state index in [-0.39, 0.29) is 6.04 Å². The zero-order chi connectivity index (χ0) is 9.97. The molecular weight excluding hydrogens is 200 g/mol. The van der Waals surface area contributed by atoms with Crippen LogP contribution in [0, 0.1) is 0 Å². The van der Waals surface area contributed by atoms with Gasteiger partial charge in [0, 0.05) is 24.1 Å². The van der Waals surface area contributed by atoms with E-state index >= 15 is 0 Å². The van der Waals surface area contributed by atoms with Crippen LogP contribution in [0.2, 0.25) is 0 Å². The molecule has 0 saturated heterocycles. The van der Waals surface area contributed by atoms with Crippen molar-refractivity contribution in [2.45, 2.75) is 13.0 Å². The van der Waals surface area contributed by atoms with Gasteiger partial charge in [0.15, 0.2) is 16.2 Å². The molecule has 0 fully saturated rings. The Balaban J connectivity index is 2.27. The van der Waals surface area contributed by atoms with Crippen LogP contribution >= 0.6 is 11.5 Å². The Morgan fingerprint density at radius 3 is 3.21 bits per heavy atom. The first-order valence-electron chi connectivity index (χ1n) is 4.20. The van der Waals surface area contributed by atoms with Crippen LogP contribution in [0.1, 0.15) is 6.92 Å². The highest BCUT2D eigenvalue weighted by atomic mass is 32.1. The first-order valence-corrected chi connectivity index (χ1v) is 4.97. The molecule has 1 unspecified atom stereocenters. The van der Waals surface area contributed by atoms with Crippen LogP contribution in [0.25, 0.3) is 10.3 Å². The van der Waals surface area contributed by atoms with Crippen LogP contribution in [0.3, 0.4) is 0 Å². The second kappa shape index (κ2) is 3.81. The molecule has 74 valence electrons. The van der Waals surface area contributed by atoms with Crippen molar-refractivity contribution in [1.82, 2.24) is 19.6 Å². The molecule has 14 heavy (non-hydrogen) atoms. The number of nitrogens with one attached hydrogen (secondary N) is 1. The number of anilines is 1. The first kappa shape index (κ1) is 9.22. The summed E-state index contributed by atoms with van der Waals surface area (Å²) in [5.41, 5.74) is 6.33. The summed E-state index contributed by atoms with van der Waals surface area (Å²) in [5.74, 6) is 0.695. The van der Waals surface area contributed by atoms with Gasteiger partial charge in [-0.25, -0.2) is 9.97 Å². The maximum absolute atomic E-state index is 5.62. The molecule has 2 heterocycles. The van der Waals surface area contributed by atoms with E-state index in [4.69, 9.17) is 5.73 Å². The standard InChI is InChI=1S/C7H10N6S/c1-4(8)2-9-6-5-7(11-3-10-6)14-13-12-5/h3-4H,2,8H2,1H3,(H,9,10,11). The number of aromatic nitrogens is 4. The average Bonchev–Trinajstić information content (AvgIpc) is 2.62. The fourth-order valence-electron chi connectivity index (χ4n) is 1.01. The molecule has 0 aliphatic carbocycles. The topological polar surface area (TPSA) is 89.6 Å². The molecular formula is C7H10N6S. The van der Waals surface area contributed by atoms with Gasteiger partial charge in [0.2, 0.25) is 0 Å². The van der Waals surface area contributed by atoms with E-state index in [9.17, 15) is 0 Å². The molecule has 0 aromatic carbocycles. The molecule has 6 nitrogen and oxygen atoms in total. The van der Waals surface area contributed by atoms with Gasteiger partial charge in [0.1, 0.15) is 6.33 Å². The normalized spacial score (nSPS) is 13.0. The number of hydrogen-bond acceptors (Lipinski definition) is 7. The predicted octanol–water partition coefficient (Wildman–Crippen LogP) is 0.240. The van der Waals surface area contributed by atoms with E-state index < -0.39 is 0 Å². The summed E-state index contributed by atoms with van der Waals surface area (Å²) in [5, 5.41) is 7.04. The lowest BCUT2D eigenvalue weighted by Crippen LogP contribution is -2.25. The molecule has 0 amide bonds. The van der Waals surface area contributed by atoms with Gasteiger partial charge in [0.05, 0.1) is 0 Å². The third-order valence-corrected chi connectivity index (χ3v) is 2.28. The summed E-state index contributed by atoms with van der Waals surface area (Å²) < 4.78 is 3.81. The van der Waals surface area contributed by atoms with E-state index in [0.717, 1.165) is 4.83 Å². The Labute approximate surface area is 84.7 Å². The van der Waals surface area contributed by atoms with Crippen LogP contribution in [-0.2, 0) is 0 Å². The van der Waals surface area contributed by atoms with Gasteiger partial charge in [-0.2, -0.15) is 0 Å². The minimum Gasteiger partial charge on any atom is -0.367 e.